The fraction of sp³-hybridized carbons (Fsp3) is 0.364. The Morgan fingerprint density at radius 1 is 1.47 bits per heavy atom. The lowest BCUT2D eigenvalue weighted by Gasteiger charge is -2.21. The minimum absolute atomic E-state index is 0.0719. The molecule has 1 heterocycles. The molecule has 1 aliphatic heterocycles. The van der Waals surface area contributed by atoms with Crippen LogP contribution in [0.3, 0.4) is 0 Å². The summed E-state index contributed by atoms with van der Waals surface area (Å²) in [5.41, 5.74) is 0.237. The van der Waals surface area contributed by atoms with Crippen LogP contribution in [-0.4, -0.2) is 23.2 Å². The molecule has 0 aliphatic carbocycles. The number of carbonyl (C=O) groups is 1. The first-order valence-corrected chi connectivity index (χ1v) is 5.48. The van der Waals surface area contributed by atoms with Crippen LogP contribution >= 0.6 is 0 Å². The van der Waals surface area contributed by atoms with Gasteiger partial charge in [0.25, 0.3) is 0 Å². The Balaban J connectivity index is 0.000000686. The summed E-state index contributed by atoms with van der Waals surface area (Å²) in [5, 5.41) is 18.0. The van der Waals surface area contributed by atoms with Crippen molar-refractivity contribution in [2.24, 2.45) is 0 Å². The van der Waals surface area contributed by atoms with Gasteiger partial charge in [-0.25, -0.2) is 9.18 Å². The second-order valence-corrected chi connectivity index (χ2v) is 3.36. The number of carboxylic acid groups (broad SMARTS) is 1. The van der Waals surface area contributed by atoms with E-state index in [1.807, 2.05) is 13.8 Å². The molecule has 0 fully saturated rings. The molecule has 0 bridgehead atoms. The van der Waals surface area contributed by atoms with E-state index in [1.54, 1.807) is 0 Å². The average Bonchev–Trinajstić information content (AvgIpc) is 2.31. The molecule has 4 nitrogen and oxygen atoms in total. The number of halogens is 1. The number of fused-ring (bicyclic) bond motifs is 1. The van der Waals surface area contributed by atoms with Crippen LogP contribution in [0, 0.1) is 5.82 Å². The largest absolute Gasteiger partial charge is 0.535 e. The molecule has 0 spiro atoms. The molecular formula is C11H14BFO4. The number of rotatable bonds is 1. The van der Waals surface area contributed by atoms with E-state index >= 15 is 0 Å². The third kappa shape index (κ3) is 2.97. The van der Waals surface area contributed by atoms with E-state index in [0.717, 1.165) is 6.07 Å². The lowest BCUT2D eigenvalue weighted by Crippen LogP contribution is -2.28. The van der Waals surface area contributed by atoms with Crippen molar-refractivity contribution in [2.45, 2.75) is 26.6 Å². The SMILES string of the molecule is CC.O=C(O)c1cc(F)cc2c1OB(O)CC2. The van der Waals surface area contributed by atoms with Gasteiger partial charge in [-0.2, -0.15) is 0 Å². The van der Waals surface area contributed by atoms with Crippen LogP contribution in [0.25, 0.3) is 0 Å². The fourth-order valence-electron chi connectivity index (χ4n) is 1.61. The molecule has 2 rings (SSSR count). The van der Waals surface area contributed by atoms with Gasteiger partial charge in [0, 0.05) is 0 Å². The number of hydrogen-bond donors (Lipinski definition) is 2. The molecule has 17 heavy (non-hydrogen) atoms. The topological polar surface area (TPSA) is 66.8 Å². The molecule has 0 aromatic heterocycles. The Morgan fingerprint density at radius 3 is 2.71 bits per heavy atom. The molecule has 92 valence electrons. The maximum atomic E-state index is 13.0. The first kappa shape index (κ1) is 13.5. The van der Waals surface area contributed by atoms with Gasteiger partial charge in [-0.1, -0.05) is 13.8 Å². The lowest BCUT2D eigenvalue weighted by atomic mass is 9.78. The van der Waals surface area contributed by atoms with Crippen LogP contribution in [0.15, 0.2) is 12.1 Å². The van der Waals surface area contributed by atoms with Crippen molar-refractivity contribution in [3.63, 3.8) is 0 Å². The maximum absolute atomic E-state index is 13.0. The number of aromatic carboxylic acids is 1. The summed E-state index contributed by atoms with van der Waals surface area (Å²) < 4.78 is 18.0. The van der Waals surface area contributed by atoms with Crippen molar-refractivity contribution in [1.82, 2.24) is 0 Å². The minimum Gasteiger partial charge on any atom is -0.535 e. The Kier molecular flexibility index (Phi) is 4.51. The Labute approximate surface area is 99.2 Å². The highest BCUT2D eigenvalue weighted by Gasteiger charge is 2.28. The van der Waals surface area contributed by atoms with Crippen LogP contribution in [0.2, 0.25) is 6.32 Å². The Bertz CT molecular complexity index is 422. The zero-order chi connectivity index (χ0) is 13.0. The van der Waals surface area contributed by atoms with Gasteiger partial charge in [0.1, 0.15) is 17.1 Å². The van der Waals surface area contributed by atoms with E-state index in [0.29, 0.717) is 18.3 Å². The smallest absolute Gasteiger partial charge is 0.522 e. The summed E-state index contributed by atoms with van der Waals surface area (Å²) in [6.07, 6.45) is 0.754. The number of carboxylic acids is 1. The van der Waals surface area contributed by atoms with Crippen LogP contribution in [-0.2, 0) is 6.42 Å². The number of benzene rings is 1. The lowest BCUT2D eigenvalue weighted by molar-refractivity contribution is 0.0693. The number of hydrogen-bond acceptors (Lipinski definition) is 3. The molecule has 1 aromatic rings. The molecular weight excluding hydrogens is 226 g/mol. The normalized spacial score (nSPS) is 13.1. The molecule has 0 saturated heterocycles. The summed E-state index contributed by atoms with van der Waals surface area (Å²) in [4.78, 5) is 10.8. The molecule has 0 amide bonds. The van der Waals surface area contributed by atoms with Crippen molar-refractivity contribution in [2.75, 3.05) is 0 Å². The van der Waals surface area contributed by atoms with E-state index in [-0.39, 0.29) is 11.3 Å². The molecule has 0 unspecified atom stereocenters. The second-order valence-electron chi connectivity index (χ2n) is 3.36. The second kappa shape index (κ2) is 5.68. The molecule has 1 aromatic carbocycles. The molecule has 0 radical (unpaired) electrons. The minimum atomic E-state index is -1.26. The van der Waals surface area contributed by atoms with Crippen LogP contribution in [0.4, 0.5) is 4.39 Å². The van der Waals surface area contributed by atoms with E-state index in [9.17, 15) is 14.2 Å². The Morgan fingerprint density at radius 2 is 2.12 bits per heavy atom. The van der Waals surface area contributed by atoms with Gasteiger partial charge in [0.05, 0.1) is 0 Å². The highest BCUT2D eigenvalue weighted by molar-refractivity contribution is 6.44. The van der Waals surface area contributed by atoms with Crippen molar-refractivity contribution >= 4 is 13.1 Å². The molecule has 0 saturated carbocycles. The molecule has 0 atom stereocenters. The van der Waals surface area contributed by atoms with E-state index < -0.39 is 18.9 Å². The van der Waals surface area contributed by atoms with Gasteiger partial charge < -0.3 is 14.8 Å². The summed E-state index contributed by atoms with van der Waals surface area (Å²) in [6, 6.07) is 2.12. The van der Waals surface area contributed by atoms with Crippen molar-refractivity contribution in [3.05, 3.63) is 29.1 Å². The molecule has 1 aliphatic rings. The van der Waals surface area contributed by atoms with Crippen LogP contribution in [0.5, 0.6) is 5.75 Å². The van der Waals surface area contributed by atoms with Gasteiger partial charge in [0.15, 0.2) is 0 Å². The van der Waals surface area contributed by atoms with Crippen molar-refractivity contribution in [1.29, 1.82) is 0 Å². The van der Waals surface area contributed by atoms with Gasteiger partial charge in [-0.15, -0.1) is 0 Å². The van der Waals surface area contributed by atoms with Crippen molar-refractivity contribution in [3.8, 4) is 5.75 Å². The van der Waals surface area contributed by atoms with E-state index in [1.165, 1.54) is 6.07 Å². The maximum Gasteiger partial charge on any atom is 0.522 e. The quantitative estimate of drug-likeness (QED) is 0.736. The van der Waals surface area contributed by atoms with Gasteiger partial charge in [0.2, 0.25) is 0 Å². The highest BCUT2D eigenvalue weighted by Crippen LogP contribution is 2.31. The molecule has 6 heteroatoms. The predicted molar refractivity (Wildman–Crippen MR) is 61.8 cm³/mol. The van der Waals surface area contributed by atoms with E-state index in [4.69, 9.17) is 9.76 Å². The standard InChI is InChI=1S/C9H8BFO4.C2H6/c11-6-3-5-1-2-10(14)15-8(5)7(4-6)9(12)13;1-2/h3-4,14H,1-2H2,(H,12,13);1-2H3. The first-order valence-electron chi connectivity index (χ1n) is 5.48. The third-order valence-corrected chi connectivity index (χ3v) is 2.28. The highest BCUT2D eigenvalue weighted by atomic mass is 19.1. The average molecular weight is 240 g/mol. The Hall–Kier alpha value is -1.56. The van der Waals surface area contributed by atoms with E-state index in [2.05, 4.69) is 0 Å². The van der Waals surface area contributed by atoms with Crippen molar-refractivity contribution < 1.29 is 24.0 Å². The summed E-state index contributed by atoms with van der Waals surface area (Å²) in [7, 11) is -1.01. The predicted octanol–water partition coefficient (Wildman–Crippen LogP) is 1.97. The monoisotopic (exact) mass is 240 g/mol. The summed E-state index contributed by atoms with van der Waals surface area (Å²) in [6.45, 7) is 4.00. The third-order valence-electron chi connectivity index (χ3n) is 2.28. The zero-order valence-corrected chi connectivity index (χ0v) is 9.74. The van der Waals surface area contributed by atoms with Gasteiger partial charge >= 0.3 is 13.1 Å². The first-order chi connectivity index (χ1) is 8.08. The van der Waals surface area contributed by atoms with Crippen LogP contribution in [0.1, 0.15) is 29.8 Å². The fourth-order valence-corrected chi connectivity index (χ4v) is 1.61. The zero-order valence-electron chi connectivity index (χ0n) is 9.74. The summed E-state index contributed by atoms with van der Waals surface area (Å²) in [5.74, 6) is -1.80. The number of aryl methyl sites for hydroxylation is 1. The summed E-state index contributed by atoms with van der Waals surface area (Å²) >= 11 is 0. The van der Waals surface area contributed by atoms with Gasteiger partial charge in [-0.3, -0.25) is 0 Å². The van der Waals surface area contributed by atoms with Gasteiger partial charge in [-0.05, 0) is 30.4 Å². The van der Waals surface area contributed by atoms with Crippen LogP contribution < -0.4 is 4.65 Å². The molecule has 2 N–H and O–H groups in total.